The minimum absolute atomic E-state index is 0.186. The van der Waals surface area contributed by atoms with Gasteiger partial charge in [0.2, 0.25) is 0 Å². The molecule has 1 aliphatic rings. The number of carbonyl (C=O) groups is 1. The molecule has 2 rings (SSSR count). The van der Waals surface area contributed by atoms with Crippen molar-refractivity contribution >= 4 is 11.6 Å². The molecule has 23 heavy (non-hydrogen) atoms. The Morgan fingerprint density at radius 3 is 2.74 bits per heavy atom. The third-order valence-corrected chi connectivity index (χ3v) is 4.08. The first-order chi connectivity index (χ1) is 11.0. The van der Waals surface area contributed by atoms with E-state index < -0.39 is 5.60 Å². The highest BCUT2D eigenvalue weighted by Crippen LogP contribution is 2.42. The Balaban J connectivity index is 2.16. The first-order valence-electron chi connectivity index (χ1n) is 8.17. The van der Waals surface area contributed by atoms with Crippen molar-refractivity contribution in [3.63, 3.8) is 0 Å². The van der Waals surface area contributed by atoms with Gasteiger partial charge in [0.1, 0.15) is 17.4 Å². The fraction of sp³-hybridized carbons (Fsp3) is 0.556. The van der Waals surface area contributed by atoms with Gasteiger partial charge in [-0.1, -0.05) is 6.92 Å². The van der Waals surface area contributed by atoms with Gasteiger partial charge in [0.25, 0.3) is 5.91 Å². The van der Waals surface area contributed by atoms with Crippen LogP contribution in [0.5, 0.6) is 5.75 Å². The Morgan fingerprint density at radius 2 is 2.17 bits per heavy atom. The zero-order chi connectivity index (χ0) is 16.9. The Hall–Kier alpha value is -2.06. The van der Waals surface area contributed by atoms with Crippen molar-refractivity contribution in [2.75, 3.05) is 18.5 Å². The molecule has 1 saturated carbocycles. The Bertz CT molecular complexity index is 605. The molecule has 1 atom stereocenters. The van der Waals surface area contributed by atoms with E-state index in [0.717, 1.165) is 19.3 Å². The van der Waals surface area contributed by atoms with Crippen molar-refractivity contribution in [3.8, 4) is 11.8 Å². The molecule has 5 nitrogen and oxygen atoms in total. The standard InChI is InChI=1S/C18H24N2O3/c1-4-10-23-18(3,14-6-7-14)17(21)20-16-9-8-15(22-5-2)11-13(16)12-19/h8-9,11,14H,4-7,10H2,1-3H3,(H,20,21). The van der Waals surface area contributed by atoms with Crippen LogP contribution in [0.15, 0.2) is 18.2 Å². The van der Waals surface area contributed by atoms with Crippen LogP contribution < -0.4 is 10.1 Å². The SMILES string of the molecule is CCCOC(C)(C(=O)Nc1ccc(OCC)cc1C#N)C1CC1. The molecule has 0 radical (unpaired) electrons. The van der Waals surface area contributed by atoms with Crippen LogP contribution in [-0.4, -0.2) is 24.7 Å². The molecule has 0 aliphatic heterocycles. The lowest BCUT2D eigenvalue weighted by molar-refractivity contribution is -0.142. The van der Waals surface area contributed by atoms with E-state index >= 15 is 0 Å². The van der Waals surface area contributed by atoms with Gasteiger partial charge in [-0.3, -0.25) is 4.79 Å². The van der Waals surface area contributed by atoms with Crippen LogP contribution in [0.4, 0.5) is 5.69 Å². The molecular formula is C18H24N2O3. The van der Waals surface area contributed by atoms with Crippen molar-refractivity contribution < 1.29 is 14.3 Å². The number of hydrogen-bond donors (Lipinski definition) is 1. The van der Waals surface area contributed by atoms with Crippen LogP contribution in [-0.2, 0) is 9.53 Å². The second kappa shape index (κ2) is 7.47. The highest BCUT2D eigenvalue weighted by atomic mass is 16.5. The van der Waals surface area contributed by atoms with Crippen LogP contribution in [0.1, 0.15) is 45.6 Å². The van der Waals surface area contributed by atoms with Gasteiger partial charge < -0.3 is 14.8 Å². The summed E-state index contributed by atoms with van der Waals surface area (Å²) in [6.45, 7) is 6.83. The van der Waals surface area contributed by atoms with Crippen LogP contribution in [0, 0.1) is 17.2 Å². The molecule has 1 N–H and O–H groups in total. The quantitative estimate of drug-likeness (QED) is 0.797. The zero-order valence-corrected chi connectivity index (χ0v) is 14.0. The van der Waals surface area contributed by atoms with Crippen molar-refractivity contribution in [2.45, 2.75) is 45.6 Å². The third-order valence-electron chi connectivity index (χ3n) is 4.08. The average Bonchev–Trinajstić information content (AvgIpc) is 3.39. The first-order valence-corrected chi connectivity index (χ1v) is 8.17. The lowest BCUT2D eigenvalue weighted by atomic mass is 9.98. The molecule has 1 aliphatic carbocycles. The fourth-order valence-electron chi connectivity index (χ4n) is 2.54. The van der Waals surface area contributed by atoms with Gasteiger partial charge in [-0.05, 0) is 57.2 Å². The Morgan fingerprint density at radius 1 is 1.43 bits per heavy atom. The summed E-state index contributed by atoms with van der Waals surface area (Å²) in [5.41, 5.74) is 0.0484. The van der Waals surface area contributed by atoms with Crippen molar-refractivity contribution in [1.29, 1.82) is 5.26 Å². The van der Waals surface area contributed by atoms with E-state index in [1.165, 1.54) is 0 Å². The normalized spacial score (nSPS) is 16.3. The summed E-state index contributed by atoms with van der Waals surface area (Å²) in [7, 11) is 0. The summed E-state index contributed by atoms with van der Waals surface area (Å²) < 4.78 is 11.2. The number of carbonyl (C=O) groups excluding carboxylic acids is 1. The second-order valence-corrected chi connectivity index (χ2v) is 5.94. The molecule has 0 bridgehead atoms. The Kier molecular flexibility index (Phi) is 5.62. The number of benzene rings is 1. The lowest BCUT2D eigenvalue weighted by Gasteiger charge is -2.29. The van der Waals surface area contributed by atoms with Gasteiger partial charge in [0.05, 0.1) is 17.9 Å². The smallest absolute Gasteiger partial charge is 0.256 e. The van der Waals surface area contributed by atoms with Gasteiger partial charge in [-0.15, -0.1) is 0 Å². The van der Waals surface area contributed by atoms with E-state index in [0.29, 0.717) is 30.2 Å². The van der Waals surface area contributed by atoms with E-state index in [4.69, 9.17) is 9.47 Å². The molecule has 1 amide bonds. The predicted octanol–water partition coefficient (Wildman–Crippen LogP) is 3.49. The topological polar surface area (TPSA) is 71.3 Å². The van der Waals surface area contributed by atoms with Crippen LogP contribution >= 0.6 is 0 Å². The Labute approximate surface area is 137 Å². The minimum atomic E-state index is -0.832. The van der Waals surface area contributed by atoms with E-state index in [1.54, 1.807) is 18.2 Å². The highest BCUT2D eigenvalue weighted by Gasteiger charge is 2.48. The molecule has 124 valence electrons. The van der Waals surface area contributed by atoms with Crippen LogP contribution in [0.2, 0.25) is 0 Å². The molecular weight excluding hydrogens is 292 g/mol. The van der Waals surface area contributed by atoms with Gasteiger partial charge >= 0.3 is 0 Å². The lowest BCUT2D eigenvalue weighted by Crippen LogP contribution is -2.45. The number of amides is 1. The maximum absolute atomic E-state index is 12.7. The minimum Gasteiger partial charge on any atom is -0.494 e. The molecule has 0 aromatic heterocycles. The van der Waals surface area contributed by atoms with Gasteiger partial charge in [-0.2, -0.15) is 5.26 Å². The predicted molar refractivity (Wildman–Crippen MR) is 88.3 cm³/mol. The number of hydrogen-bond acceptors (Lipinski definition) is 4. The molecule has 0 heterocycles. The second-order valence-electron chi connectivity index (χ2n) is 5.94. The summed E-state index contributed by atoms with van der Waals surface area (Å²) in [4.78, 5) is 12.7. The molecule has 1 fully saturated rings. The van der Waals surface area contributed by atoms with E-state index in [2.05, 4.69) is 11.4 Å². The monoisotopic (exact) mass is 316 g/mol. The highest BCUT2D eigenvalue weighted by molar-refractivity contribution is 5.98. The number of rotatable bonds is 8. The summed E-state index contributed by atoms with van der Waals surface area (Å²) in [6, 6.07) is 7.20. The van der Waals surface area contributed by atoms with Gasteiger partial charge in [-0.25, -0.2) is 0 Å². The average molecular weight is 316 g/mol. The largest absolute Gasteiger partial charge is 0.494 e. The first kappa shape index (κ1) is 17.3. The van der Waals surface area contributed by atoms with Crippen molar-refractivity contribution in [1.82, 2.24) is 0 Å². The van der Waals surface area contributed by atoms with E-state index in [-0.39, 0.29) is 11.8 Å². The van der Waals surface area contributed by atoms with E-state index in [9.17, 15) is 10.1 Å². The third kappa shape index (κ3) is 4.02. The van der Waals surface area contributed by atoms with Gasteiger partial charge in [0.15, 0.2) is 0 Å². The van der Waals surface area contributed by atoms with Crippen LogP contribution in [0.25, 0.3) is 0 Å². The number of nitrogens with one attached hydrogen (secondary N) is 1. The number of nitrogens with zero attached hydrogens (tertiary/aromatic N) is 1. The van der Waals surface area contributed by atoms with Crippen molar-refractivity contribution in [2.24, 2.45) is 5.92 Å². The maximum atomic E-state index is 12.7. The summed E-state index contributed by atoms with van der Waals surface area (Å²) in [6.07, 6.45) is 2.87. The van der Waals surface area contributed by atoms with Crippen molar-refractivity contribution in [3.05, 3.63) is 23.8 Å². The molecule has 1 aromatic carbocycles. The molecule has 0 saturated heterocycles. The molecule has 1 unspecified atom stereocenters. The van der Waals surface area contributed by atoms with E-state index in [1.807, 2.05) is 20.8 Å². The summed E-state index contributed by atoms with van der Waals surface area (Å²) in [5.74, 6) is 0.686. The van der Waals surface area contributed by atoms with Gasteiger partial charge in [0, 0.05) is 6.61 Å². The number of anilines is 1. The number of ether oxygens (including phenoxy) is 2. The maximum Gasteiger partial charge on any atom is 0.256 e. The molecule has 1 aromatic rings. The fourth-order valence-corrected chi connectivity index (χ4v) is 2.54. The number of nitriles is 1. The summed E-state index contributed by atoms with van der Waals surface area (Å²) in [5, 5.41) is 12.2. The molecule has 5 heteroatoms. The summed E-state index contributed by atoms with van der Waals surface area (Å²) >= 11 is 0. The zero-order valence-electron chi connectivity index (χ0n) is 14.0. The molecule has 0 spiro atoms. The van der Waals surface area contributed by atoms with Crippen LogP contribution in [0.3, 0.4) is 0 Å².